The Morgan fingerprint density at radius 2 is 2.04 bits per heavy atom. The molecule has 1 amide bonds. The summed E-state index contributed by atoms with van der Waals surface area (Å²) in [6.07, 6.45) is 0.608. The maximum absolute atomic E-state index is 13.5. The molecule has 3 aromatic rings. The Kier molecular flexibility index (Phi) is 4.46. The first-order valence-corrected chi connectivity index (χ1v) is 7.63. The largest absolute Gasteiger partial charge is 0.419 e. The van der Waals surface area contributed by atoms with Crippen LogP contribution in [0.3, 0.4) is 0 Å². The lowest BCUT2D eigenvalue weighted by Crippen LogP contribution is -2.27. The summed E-state index contributed by atoms with van der Waals surface area (Å²) in [5, 5.41) is 2.77. The number of halogens is 1. The van der Waals surface area contributed by atoms with Gasteiger partial charge in [0.05, 0.1) is 11.9 Å². The SMILES string of the molecule is Cn1c(=O)oc2cc(CCNC(=O)Cc3ccccc3F)ccc21. The second kappa shape index (κ2) is 6.70. The van der Waals surface area contributed by atoms with Crippen molar-refractivity contribution in [1.29, 1.82) is 0 Å². The average Bonchev–Trinajstić information content (AvgIpc) is 2.84. The van der Waals surface area contributed by atoms with E-state index in [2.05, 4.69) is 5.32 Å². The van der Waals surface area contributed by atoms with Gasteiger partial charge in [0, 0.05) is 13.6 Å². The van der Waals surface area contributed by atoms with Crippen molar-refractivity contribution in [2.75, 3.05) is 6.54 Å². The standard InChI is InChI=1S/C18H17FN2O3/c1-21-15-7-6-12(10-16(15)24-18(21)23)8-9-20-17(22)11-13-4-2-3-5-14(13)19/h2-7,10H,8-9,11H2,1H3,(H,20,22). The molecule has 5 nitrogen and oxygen atoms in total. The third-order valence-electron chi connectivity index (χ3n) is 3.90. The molecule has 0 aliphatic heterocycles. The summed E-state index contributed by atoms with van der Waals surface area (Å²) in [5.74, 6) is -1.01. The summed E-state index contributed by atoms with van der Waals surface area (Å²) in [4.78, 5) is 23.3. The molecular weight excluding hydrogens is 311 g/mol. The molecule has 24 heavy (non-hydrogen) atoms. The Balaban J connectivity index is 1.57. The monoisotopic (exact) mass is 328 g/mol. The van der Waals surface area contributed by atoms with Crippen molar-refractivity contribution >= 4 is 17.0 Å². The van der Waals surface area contributed by atoms with Crippen molar-refractivity contribution in [1.82, 2.24) is 9.88 Å². The second-order valence-corrected chi connectivity index (χ2v) is 5.60. The number of oxazole rings is 1. The van der Waals surface area contributed by atoms with Gasteiger partial charge in [0.2, 0.25) is 5.91 Å². The fourth-order valence-electron chi connectivity index (χ4n) is 2.56. The highest BCUT2D eigenvalue weighted by molar-refractivity contribution is 5.78. The third-order valence-corrected chi connectivity index (χ3v) is 3.90. The van der Waals surface area contributed by atoms with Crippen molar-refractivity contribution in [3.8, 4) is 0 Å². The molecule has 0 saturated carbocycles. The number of aromatic nitrogens is 1. The molecule has 0 atom stereocenters. The summed E-state index contributed by atoms with van der Waals surface area (Å²) in [5.41, 5.74) is 2.58. The van der Waals surface area contributed by atoms with E-state index in [0.29, 0.717) is 24.1 Å². The van der Waals surface area contributed by atoms with Gasteiger partial charge < -0.3 is 9.73 Å². The summed E-state index contributed by atoms with van der Waals surface area (Å²) >= 11 is 0. The van der Waals surface area contributed by atoms with E-state index >= 15 is 0 Å². The minimum Gasteiger partial charge on any atom is -0.408 e. The second-order valence-electron chi connectivity index (χ2n) is 5.60. The Bertz CT molecular complexity index is 943. The number of carbonyl (C=O) groups is 1. The number of amides is 1. The molecule has 0 radical (unpaired) electrons. The molecule has 0 unspecified atom stereocenters. The van der Waals surface area contributed by atoms with Gasteiger partial charge in [-0.3, -0.25) is 9.36 Å². The Morgan fingerprint density at radius 3 is 2.83 bits per heavy atom. The van der Waals surface area contributed by atoms with Crippen LogP contribution in [0.4, 0.5) is 4.39 Å². The smallest absolute Gasteiger partial charge is 0.408 e. The van der Waals surface area contributed by atoms with Gasteiger partial charge in [-0.2, -0.15) is 0 Å². The molecule has 0 saturated heterocycles. The fourth-order valence-corrected chi connectivity index (χ4v) is 2.56. The predicted molar refractivity (Wildman–Crippen MR) is 88.3 cm³/mol. The van der Waals surface area contributed by atoms with Crippen LogP contribution in [0.2, 0.25) is 0 Å². The van der Waals surface area contributed by atoms with Crippen LogP contribution in [-0.2, 0) is 24.7 Å². The summed E-state index contributed by atoms with van der Waals surface area (Å²) < 4.78 is 20.1. The normalized spacial score (nSPS) is 10.9. The lowest BCUT2D eigenvalue weighted by molar-refractivity contribution is -0.120. The first-order chi connectivity index (χ1) is 11.5. The third kappa shape index (κ3) is 3.37. The van der Waals surface area contributed by atoms with E-state index in [4.69, 9.17) is 4.42 Å². The van der Waals surface area contributed by atoms with Crippen molar-refractivity contribution < 1.29 is 13.6 Å². The van der Waals surface area contributed by atoms with E-state index in [0.717, 1.165) is 11.1 Å². The van der Waals surface area contributed by atoms with Crippen LogP contribution in [-0.4, -0.2) is 17.0 Å². The number of aryl methyl sites for hydroxylation is 1. The number of nitrogens with one attached hydrogen (secondary N) is 1. The van der Waals surface area contributed by atoms with Crippen LogP contribution in [0.15, 0.2) is 51.7 Å². The number of fused-ring (bicyclic) bond motifs is 1. The molecule has 1 heterocycles. The number of carbonyl (C=O) groups excluding carboxylic acids is 1. The molecule has 1 aromatic heterocycles. The number of rotatable bonds is 5. The van der Waals surface area contributed by atoms with Crippen molar-refractivity contribution in [3.63, 3.8) is 0 Å². The maximum Gasteiger partial charge on any atom is 0.419 e. The zero-order valence-corrected chi connectivity index (χ0v) is 13.2. The van der Waals surface area contributed by atoms with Crippen molar-refractivity contribution in [3.05, 3.63) is 70.0 Å². The summed E-state index contributed by atoms with van der Waals surface area (Å²) in [7, 11) is 1.65. The molecule has 0 bridgehead atoms. The quantitative estimate of drug-likeness (QED) is 0.781. The van der Waals surface area contributed by atoms with Crippen molar-refractivity contribution in [2.24, 2.45) is 7.05 Å². The summed E-state index contributed by atoms with van der Waals surface area (Å²) in [6, 6.07) is 11.7. The first kappa shape index (κ1) is 16.0. The lowest BCUT2D eigenvalue weighted by atomic mass is 10.1. The molecule has 0 aliphatic rings. The molecular formula is C18H17FN2O3. The molecule has 0 spiro atoms. The van der Waals surface area contributed by atoms with Crippen LogP contribution in [0, 0.1) is 5.82 Å². The Labute approximate surface area is 137 Å². The van der Waals surface area contributed by atoms with Gasteiger partial charge in [0.15, 0.2) is 5.58 Å². The lowest BCUT2D eigenvalue weighted by Gasteiger charge is -2.06. The van der Waals surface area contributed by atoms with Crippen LogP contribution < -0.4 is 11.1 Å². The number of nitrogens with zero attached hydrogens (tertiary/aromatic N) is 1. The first-order valence-electron chi connectivity index (χ1n) is 7.63. The number of hydrogen-bond acceptors (Lipinski definition) is 3. The van der Waals surface area contributed by atoms with Gasteiger partial charge in [-0.15, -0.1) is 0 Å². The fraction of sp³-hybridized carbons (Fsp3) is 0.222. The highest BCUT2D eigenvalue weighted by Gasteiger charge is 2.08. The topological polar surface area (TPSA) is 64.2 Å². The summed E-state index contributed by atoms with van der Waals surface area (Å²) in [6.45, 7) is 0.426. The van der Waals surface area contributed by atoms with Gasteiger partial charge in [0.1, 0.15) is 5.82 Å². The maximum atomic E-state index is 13.5. The predicted octanol–water partition coefficient (Wildman–Crippen LogP) is 2.17. The molecule has 3 rings (SSSR count). The number of benzene rings is 2. The Morgan fingerprint density at radius 1 is 1.25 bits per heavy atom. The van der Waals surface area contributed by atoms with E-state index < -0.39 is 5.76 Å². The van der Waals surface area contributed by atoms with Crippen LogP contribution >= 0.6 is 0 Å². The zero-order chi connectivity index (χ0) is 17.1. The van der Waals surface area contributed by atoms with Crippen molar-refractivity contribution in [2.45, 2.75) is 12.8 Å². The van der Waals surface area contributed by atoms with E-state index in [-0.39, 0.29) is 18.1 Å². The molecule has 6 heteroatoms. The molecule has 0 fully saturated rings. The van der Waals surface area contributed by atoms with E-state index in [1.165, 1.54) is 10.6 Å². The van der Waals surface area contributed by atoms with Crippen LogP contribution in [0.25, 0.3) is 11.1 Å². The molecule has 1 N–H and O–H groups in total. The van der Waals surface area contributed by atoms with E-state index in [9.17, 15) is 14.0 Å². The molecule has 124 valence electrons. The molecule has 2 aromatic carbocycles. The van der Waals surface area contributed by atoms with Gasteiger partial charge >= 0.3 is 5.76 Å². The highest BCUT2D eigenvalue weighted by atomic mass is 19.1. The zero-order valence-electron chi connectivity index (χ0n) is 13.2. The average molecular weight is 328 g/mol. The van der Waals surface area contributed by atoms with Gasteiger partial charge in [-0.05, 0) is 35.7 Å². The van der Waals surface area contributed by atoms with E-state index in [1.807, 2.05) is 12.1 Å². The van der Waals surface area contributed by atoms with E-state index in [1.54, 1.807) is 31.3 Å². The van der Waals surface area contributed by atoms with Crippen LogP contribution in [0.1, 0.15) is 11.1 Å². The van der Waals surface area contributed by atoms with Gasteiger partial charge in [-0.25, -0.2) is 9.18 Å². The van der Waals surface area contributed by atoms with Gasteiger partial charge in [0.25, 0.3) is 0 Å². The van der Waals surface area contributed by atoms with Crippen LogP contribution in [0.5, 0.6) is 0 Å². The number of hydrogen-bond donors (Lipinski definition) is 1. The minimum absolute atomic E-state index is 0.0132. The molecule has 0 aliphatic carbocycles. The Hall–Kier alpha value is -2.89. The minimum atomic E-state index is -0.402. The van der Waals surface area contributed by atoms with Gasteiger partial charge in [-0.1, -0.05) is 24.3 Å². The highest BCUT2D eigenvalue weighted by Crippen LogP contribution is 2.14.